The number of carbonyl (C=O) groups excluding carboxylic acids is 1. The van der Waals surface area contributed by atoms with Crippen molar-refractivity contribution in [3.63, 3.8) is 0 Å². The van der Waals surface area contributed by atoms with Crippen molar-refractivity contribution in [3.05, 3.63) is 54.7 Å². The Morgan fingerprint density at radius 1 is 0.618 bits per heavy atom. The van der Waals surface area contributed by atoms with E-state index in [1.54, 1.807) is 0 Å². The van der Waals surface area contributed by atoms with Crippen LogP contribution < -0.4 is 9.47 Å². The van der Waals surface area contributed by atoms with Crippen LogP contribution in [0.3, 0.4) is 0 Å². The van der Waals surface area contributed by atoms with Crippen LogP contribution in [0.4, 0.5) is 4.79 Å². The van der Waals surface area contributed by atoms with Crippen LogP contribution in [0.2, 0.25) is 0 Å². The predicted octanol–water partition coefficient (Wildman–Crippen LogP) is 10.3. The first kappa shape index (κ1) is 29.4. The molecule has 0 aliphatic rings. The molecule has 0 N–H and O–H groups in total. The minimum absolute atomic E-state index is 0.613. The molecule has 0 unspecified atom stereocenters. The molecule has 0 aliphatic carbocycles. The second-order valence-corrected chi connectivity index (χ2v) is 11.5. The van der Waals surface area contributed by atoms with Crippen molar-refractivity contribution in [3.8, 4) is 11.5 Å². The summed E-state index contributed by atoms with van der Waals surface area (Å²) in [4.78, 5) is 12.7. The lowest BCUT2D eigenvalue weighted by Gasteiger charge is -2.13. The van der Waals surface area contributed by atoms with Gasteiger partial charge in [-0.05, 0) is 118 Å². The van der Waals surface area contributed by atoms with Gasteiger partial charge in [0.15, 0.2) is 0 Å². The van der Waals surface area contributed by atoms with Gasteiger partial charge in [-0.2, -0.15) is 0 Å². The van der Waals surface area contributed by atoms with Crippen LogP contribution >= 0.6 is 45.2 Å². The van der Waals surface area contributed by atoms with E-state index in [0.717, 1.165) is 44.0 Å². The summed E-state index contributed by atoms with van der Waals surface area (Å²) in [5, 5.41) is 0. The Morgan fingerprint density at radius 2 is 1.00 bits per heavy atom. The molecule has 0 atom stereocenters. The zero-order chi connectivity index (χ0) is 24.6. The fourth-order valence-electron chi connectivity index (χ4n) is 4.08. The van der Waals surface area contributed by atoms with E-state index in [1.165, 1.54) is 64.2 Å². The summed E-state index contributed by atoms with van der Waals surface area (Å²) in [7, 11) is 0. The number of aryl methyl sites for hydroxylation is 2. The van der Waals surface area contributed by atoms with Gasteiger partial charge >= 0.3 is 6.16 Å². The third-order valence-electron chi connectivity index (χ3n) is 6.03. The van der Waals surface area contributed by atoms with E-state index in [0.29, 0.717) is 11.5 Å². The Labute approximate surface area is 234 Å². The smallest absolute Gasteiger partial charge is 0.394 e. The van der Waals surface area contributed by atoms with Crippen LogP contribution in [-0.2, 0) is 12.8 Å². The lowest BCUT2D eigenvalue weighted by molar-refractivity contribution is 0.151. The maximum atomic E-state index is 12.7. The minimum Gasteiger partial charge on any atom is -0.394 e. The lowest BCUT2D eigenvalue weighted by Crippen LogP contribution is -2.16. The normalized spacial score (nSPS) is 10.9. The predicted molar refractivity (Wildman–Crippen MR) is 159 cm³/mol. The van der Waals surface area contributed by atoms with Gasteiger partial charge in [0.25, 0.3) is 0 Å². The van der Waals surface area contributed by atoms with E-state index < -0.39 is 6.16 Å². The summed E-state index contributed by atoms with van der Waals surface area (Å²) in [5.41, 5.74) is 2.16. The average molecular weight is 690 g/mol. The van der Waals surface area contributed by atoms with Crippen molar-refractivity contribution in [2.24, 2.45) is 0 Å². The van der Waals surface area contributed by atoms with Crippen LogP contribution in [0.25, 0.3) is 0 Å². The zero-order valence-corrected chi connectivity index (χ0v) is 25.2. The summed E-state index contributed by atoms with van der Waals surface area (Å²) < 4.78 is 13.7. The van der Waals surface area contributed by atoms with Gasteiger partial charge in [-0.1, -0.05) is 78.1 Å². The maximum Gasteiger partial charge on any atom is 0.519 e. The van der Waals surface area contributed by atoms with E-state index in [4.69, 9.17) is 9.47 Å². The zero-order valence-electron chi connectivity index (χ0n) is 20.8. The number of ether oxygens (including phenoxy) is 2. The molecule has 0 spiro atoms. The highest BCUT2D eigenvalue weighted by Gasteiger charge is 2.15. The highest BCUT2D eigenvalue weighted by molar-refractivity contribution is 14.1. The summed E-state index contributed by atoms with van der Waals surface area (Å²) in [6.07, 6.45) is 16.1. The molecule has 0 aromatic heterocycles. The molecule has 0 amide bonds. The van der Waals surface area contributed by atoms with Gasteiger partial charge in [0.05, 0.1) is 0 Å². The maximum absolute atomic E-state index is 12.7. The molecule has 0 fully saturated rings. The molecule has 2 aromatic carbocycles. The van der Waals surface area contributed by atoms with Gasteiger partial charge in [0, 0.05) is 7.14 Å². The second kappa shape index (κ2) is 17.6. The average Bonchev–Trinajstić information content (AvgIpc) is 2.81. The molecule has 2 aromatic rings. The number of hydrogen-bond acceptors (Lipinski definition) is 3. The molecule has 188 valence electrons. The van der Waals surface area contributed by atoms with Gasteiger partial charge in [-0.15, -0.1) is 0 Å². The first-order valence-corrected chi connectivity index (χ1v) is 15.2. The summed E-state index contributed by atoms with van der Waals surface area (Å²) in [6, 6.07) is 12.0. The van der Waals surface area contributed by atoms with Gasteiger partial charge in [0.2, 0.25) is 0 Å². The van der Waals surface area contributed by atoms with Crippen molar-refractivity contribution in [1.29, 1.82) is 0 Å². The van der Waals surface area contributed by atoms with Crippen molar-refractivity contribution in [1.82, 2.24) is 0 Å². The largest absolute Gasteiger partial charge is 0.519 e. The molecular weight excluding hydrogens is 650 g/mol. The molecule has 2 rings (SSSR count). The van der Waals surface area contributed by atoms with Gasteiger partial charge in [0.1, 0.15) is 11.5 Å². The Morgan fingerprint density at radius 3 is 1.41 bits per heavy atom. The number of benzene rings is 2. The third kappa shape index (κ3) is 11.7. The minimum atomic E-state index is -0.657. The van der Waals surface area contributed by atoms with Gasteiger partial charge in [-0.3, -0.25) is 0 Å². The van der Waals surface area contributed by atoms with Crippen LogP contribution in [0.15, 0.2) is 36.4 Å². The standard InChI is InChI=1S/C29H40I2O3/c1-3-5-7-9-11-13-15-23-21-25(30)17-19-27(23)33-29(32)34-28-20-18-26(31)22-24(28)16-14-12-10-8-6-4-2/h17-22H,3-16H2,1-2H3. The highest BCUT2D eigenvalue weighted by atomic mass is 127. The topological polar surface area (TPSA) is 35.5 Å². The fraction of sp³-hybridized carbons (Fsp3) is 0.552. The van der Waals surface area contributed by atoms with Crippen LogP contribution in [0.1, 0.15) is 102 Å². The molecule has 0 aliphatic heterocycles. The van der Waals surface area contributed by atoms with Crippen LogP contribution in [0, 0.1) is 7.14 Å². The third-order valence-corrected chi connectivity index (χ3v) is 7.37. The van der Waals surface area contributed by atoms with Crippen LogP contribution in [0.5, 0.6) is 11.5 Å². The fourth-order valence-corrected chi connectivity index (χ4v) is 5.19. The van der Waals surface area contributed by atoms with Gasteiger partial charge in [-0.25, -0.2) is 4.79 Å². The summed E-state index contributed by atoms with van der Waals surface area (Å²) in [6.45, 7) is 4.48. The van der Waals surface area contributed by atoms with Crippen molar-refractivity contribution < 1.29 is 14.3 Å². The molecule has 34 heavy (non-hydrogen) atoms. The Bertz CT molecular complexity index is 797. The molecule has 0 saturated heterocycles. The molecule has 0 radical (unpaired) electrons. The van der Waals surface area contributed by atoms with Crippen molar-refractivity contribution in [2.75, 3.05) is 0 Å². The number of halogens is 2. The van der Waals surface area contributed by atoms with E-state index in [1.807, 2.05) is 24.3 Å². The van der Waals surface area contributed by atoms with Crippen LogP contribution in [-0.4, -0.2) is 6.16 Å². The monoisotopic (exact) mass is 690 g/mol. The first-order chi connectivity index (χ1) is 16.5. The molecule has 5 heteroatoms. The number of rotatable bonds is 16. The van der Waals surface area contributed by atoms with E-state index >= 15 is 0 Å². The van der Waals surface area contributed by atoms with E-state index in [9.17, 15) is 4.79 Å². The highest BCUT2D eigenvalue weighted by Crippen LogP contribution is 2.27. The SMILES string of the molecule is CCCCCCCCc1cc(I)ccc1OC(=O)Oc1ccc(I)cc1CCCCCCCC. The Balaban J connectivity index is 1.93. The van der Waals surface area contributed by atoms with E-state index in [2.05, 4.69) is 71.2 Å². The molecule has 0 bridgehead atoms. The molecular formula is C29H40I2O3. The van der Waals surface area contributed by atoms with Gasteiger partial charge < -0.3 is 9.47 Å². The molecule has 0 saturated carbocycles. The number of unbranched alkanes of at least 4 members (excludes halogenated alkanes) is 10. The second-order valence-electron chi connectivity index (χ2n) is 8.99. The first-order valence-electron chi connectivity index (χ1n) is 13.0. The van der Waals surface area contributed by atoms with Crippen molar-refractivity contribution in [2.45, 2.75) is 104 Å². The summed E-state index contributed by atoms with van der Waals surface area (Å²) in [5.74, 6) is 1.23. The molecule has 3 nitrogen and oxygen atoms in total. The lowest BCUT2D eigenvalue weighted by atomic mass is 10.0. The Kier molecular flexibility index (Phi) is 15.2. The van der Waals surface area contributed by atoms with E-state index in [-0.39, 0.29) is 0 Å². The Hall–Kier alpha value is -0.830. The number of hydrogen-bond donors (Lipinski definition) is 0. The molecule has 0 heterocycles. The number of carbonyl (C=O) groups is 1. The summed E-state index contributed by atoms with van der Waals surface area (Å²) >= 11 is 4.62. The van der Waals surface area contributed by atoms with Crippen molar-refractivity contribution >= 4 is 51.3 Å². The quantitative estimate of drug-likeness (QED) is 0.0762.